The van der Waals surface area contributed by atoms with Gasteiger partial charge in [0, 0.05) is 6.08 Å². The Hall–Kier alpha value is -1.05. The number of allylic oxidation sites excluding steroid dienone is 3. The molecule has 0 fully saturated rings. The van der Waals surface area contributed by atoms with Crippen molar-refractivity contribution in [2.24, 2.45) is 11.8 Å². The molecule has 0 aromatic rings. The molecule has 0 radical (unpaired) electrons. The van der Waals surface area contributed by atoms with Crippen LogP contribution in [0, 0.1) is 11.8 Å². The van der Waals surface area contributed by atoms with Crippen molar-refractivity contribution in [2.75, 3.05) is 6.61 Å². The fraction of sp³-hybridized carbons (Fsp3) is 0.706. The highest BCUT2D eigenvalue weighted by Gasteiger charge is 2.01. The van der Waals surface area contributed by atoms with Crippen molar-refractivity contribution in [3.63, 3.8) is 0 Å². The van der Waals surface area contributed by atoms with Crippen LogP contribution in [0.2, 0.25) is 0 Å². The molecule has 0 unspecified atom stereocenters. The lowest BCUT2D eigenvalue weighted by atomic mass is 9.97. The lowest BCUT2D eigenvalue weighted by Gasteiger charge is -2.09. The van der Waals surface area contributed by atoms with E-state index in [1.807, 2.05) is 19.9 Å². The van der Waals surface area contributed by atoms with Gasteiger partial charge in [0.25, 0.3) is 0 Å². The van der Waals surface area contributed by atoms with Gasteiger partial charge in [-0.2, -0.15) is 0 Å². The Kier molecular flexibility index (Phi) is 10.2. The summed E-state index contributed by atoms with van der Waals surface area (Å²) in [4.78, 5) is 11.2. The van der Waals surface area contributed by atoms with Gasteiger partial charge < -0.3 is 4.74 Å². The molecule has 0 aliphatic heterocycles. The summed E-state index contributed by atoms with van der Waals surface area (Å²) >= 11 is 0. The third-order valence-corrected chi connectivity index (χ3v) is 3.03. The summed E-state index contributed by atoms with van der Waals surface area (Å²) in [5.74, 6) is 1.26. The quantitative estimate of drug-likeness (QED) is 0.337. The summed E-state index contributed by atoms with van der Waals surface area (Å²) in [6.07, 6.45) is 10.7. The first-order chi connectivity index (χ1) is 8.95. The van der Waals surface area contributed by atoms with Gasteiger partial charge in [0.1, 0.15) is 0 Å². The molecule has 0 N–H and O–H groups in total. The topological polar surface area (TPSA) is 26.3 Å². The van der Waals surface area contributed by atoms with Crippen molar-refractivity contribution in [1.82, 2.24) is 0 Å². The van der Waals surface area contributed by atoms with Gasteiger partial charge in [-0.25, -0.2) is 4.79 Å². The third-order valence-electron chi connectivity index (χ3n) is 3.03. The van der Waals surface area contributed by atoms with E-state index in [0.29, 0.717) is 12.5 Å². The van der Waals surface area contributed by atoms with E-state index in [1.54, 1.807) is 6.08 Å². The molecule has 0 aliphatic rings. The zero-order valence-corrected chi connectivity index (χ0v) is 13.2. The summed E-state index contributed by atoms with van der Waals surface area (Å²) in [6.45, 7) is 11.0. The first-order valence-corrected chi connectivity index (χ1v) is 7.47. The summed E-state index contributed by atoms with van der Waals surface area (Å²) in [7, 11) is 0. The number of carbonyl (C=O) groups is 1. The smallest absolute Gasteiger partial charge is 0.330 e. The standard InChI is InChI=1S/C17H30O2/c1-6-19-17(18)13-16(5)12-8-11-15(4)10-7-9-14(2)3/h8,12-15H,6-7,9-11H2,1-5H3/b12-8+,16-13+/t15-/m1/s1. The van der Waals surface area contributed by atoms with Gasteiger partial charge in [0.15, 0.2) is 0 Å². The zero-order valence-electron chi connectivity index (χ0n) is 13.2. The first kappa shape index (κ1) is 17.9. The second kappa shape index (κ2) is 10.8. The van der Waals surface area contributed by atoms with Crippen LogP contribution in [0.25, 0.3) is 0 Å². The van der Waals surface area contributed by atoms with Crippen molar-refractivity contribution in [1.29, 1.82) is 0 Å². The monoisotopic (exact) mass is 266 g/mol. The predicted molar refractivity (Wildman–Crippen MR) is 82.0 cm³/mol. The van der Waals surface area contributed by atoms with E-state index >= 15 is 0 Å². The molecule has 0 rings (SSSR count). The van der Waals surface area contributed by atoms with E-state index in [-0.39, 0.29) is 5.97 Å². The summed E-state index contributed by atoms with van der Waals surface area (Å²) in [5.41, 5.74) is 0.952. The van der Waals surface area contributed by atoms with E-state index < -0.39 is 0 Å². The fourth-order valence-corrected chi connectivity index (χ4v) is 1.90. The average molecular weight is 266 g/mol. The van der Waals surface area contributed by atoms with Gasteiger partial charge >= 0.3 is 5.97 Å². The number of esters is 1. The molecule has 0 aliphatic carbocycles. The molecule has 2 heteroatoms. The minimum absolute atomic E-state index is 0.255. The van der Waals surface area contributed by atoms with Crippen LogP contribution in [0.1, 0.15) is 60.3 Å². The molecule has 0 saturated carbocycles. The van der Waals surface area contributed by atoms with Gasteiger partial charge in [-0.15, -0.1) is 0 Å². The molecule has 0 amide bonds. The number of rotatable bonds is 9. The van der Waals surface area contributed by atoms with Gasteiger partial charge in [-0.3, -0.25) is 0 Å². The molecule has 1 atom stereocenters. The zero-order chi connectivity index (χ0) is 14.7. The van der Waals surface area contributed by atoms with E-state index in [4.69, 9.17) is 4.74 Å². The molecule has 0 bridgehead atoms. The lowest BCUT2D eigenvalue weighted by molar-refractivity contribution is -0.137. The Labute approximate surface area is 118 Å². The number of hydrogen-bond donors (Lipinski definition) is 0. The van der Waals surface area contributed by atoms with Crippen LogP contribution in [0.4, 0.5) is 0 Å². The largest absolute Gasteiger partial charge is 0.463 e. The molecule has 0 aromatic heterocycles. The summed E-state index contributed by atoms with van der Waals surface area (Å²) < 4.78 is 4.87. The van der Waals surface area contributed by atoms with Crippen LogP contribution in [-0.2, 0) is 9.53 Å². The maximum absolute atomic E-state index is 11.2. The maximum Gasteiger partial charge on any atom is 0.330 e. The first-order valence-electron chi connectivity index (χ1n) is 7.47. The molecule has 0 heterocycles. The molecule has 0 aromatic carbocycles. The Morgan fingerprint density at radius 3 is 2.47 bits per heavy atom. The Bertz CT molecular complexity index is 300. The fourth-order valence-electron chi connectivity index (χ4n) is 1.90. The number of hydrogen-bond acceptors (Lipinski definition) is 2. The van der Waals surface area contributed by atoms with Gasteiger partial charge in [-0.1, -0.05) is 52.2 Å². The van der Waals surface area contributed by atoms with Crippen molar-refractivity contribution < 1.29 is 9.53 Å². The molecule has 19 heavy (non-hydrogen) atoms. The molecule has 110 valence electrons. The molecule has 0 saturated heterocycles. The van der Waals surface area contributed by atoms with E-state index in [0.717, 1.165) is 17.9 Å². The highest BCUT2D eigenvalue weighted by Crippen LogP contribution is 2.15. The highest BCUT2D eigenvalue weighted by molar-refractivity contribution is 5.83. The molecular formula is C17H30O2. The minimum atomic E-state index is -0.255. The normalized spacial score (nSPS) is 14.1. The van der Waals surface area contributed by atoms with Crippen LogP contribution >= 0.6 is 0 Å². The molecule has 2 nitrogen and oxygen atoms in total. The minimum Gasteiger partial charge on any atom is -0.463 e. The van der Waals surface area contributed by atoms with Crippen molar-refractivity contribution in [2.45, 2.75) is 60.3 Å². The van der Waals surface area contributed by atoms with E-state index in [1.165, 1.54) is 19.3 Å². The van der Waals surface area contributed by atoms with Crippen LogP contribution < -0.4 is 0 Å². The molecule has 0 spiro atoms. The second-order valence-corrected chi connectivity index (χ2v) is 5.71. The van der Waals surface area contributed by atoms with Crippen molar-refractivity contribution in [3.8, 4) is 0 Å². The maximum atomic E-state index is 11.2. The van der Waals surface area contributed by atoms with E-state index in [9.17, 15) is 4.79 Å². The average Bonchev–Trinajstić information content (AvgIpc) is 2.28. The highest BCUT2D eigenvalue weighted by atomic mass is 16.5. The van der Waals surface area contributed by atoms with Crippen LogP contribution in [-0.4, -0.2) is 12.6 Å². The van der Waals surface area contributed by atoms with Crippen molar-refractivity contribution in [3.05, 3.63) is 23.8 Å². The molecular weight excluding hydrogens is 236 g/mol. The summed E-state index contributed by atoms with van der Waals surface area (Å²) in [6, 6.07) is 0. The Balaban J connectivity index is 3.90. The third kappa shape index (κ3) is 11.8. The van der Waals surface area contributed by atoms with Gasteiger partial charge in [-0.05, 0) is 37.7 Å². The Morgan fingerprint density at radius 1 is 1.21 bits per heavy atom. The Morgan fingerprint density at radius 2 is 1.89 bits per heavy atom. The van der Waals surface area contributed by atoms with E-state index in [2.05, 4.69) is 26.8 Å². The number of ether oxygens (including phenoxy) is 1. The van der Waals surface area contributed by atoms with Crippen molar-refractivity contribution >= 4 is 5.97 Å². The lowest BCUT2D eigenvalue weighted by Crippen LogP contribution is -1.99. The number of carbonyl (C=O) groups excluding carboxylic acids is 1. The summed E-state index contributed by atoms with van der Waals surface area (Å²) in [5, 5.41) is 0. The van der Waals surface area contributed by atoms with Crippen LogP contribution in [0.15, 0.2) is 23.8 Å². The van der Waals surface area contributed by atoms with Crippen LogP contribution in [0.5, 0.6) is 0 Å². The van der Waals surface area contributed by atoms with Crippen LogP contribution in [0.3, 0.4) is 0 Å². The SMILES string of the molecule is CCOC(=O)/C=C(C)/C=C/C[C@H](C)CCCC(C)C. The predicted octanol–water partition coefficient (Wildman–Crippen LogP) is 4.90. The van der Waals surface area contributed by atoms with Gasteiger partial charge in [0.05, 0.1) is 6.61 Å². The van der Waals surface area contributed by atoms with Gasteiger partial charge in [0.2, 0.25) is 0 Å². The second-order valence-electron chi connectivity index (χ2n) is 5.71.